The number of hydrogen-bond donors (Lipinski definition) is 1. The number of benzene rings is 2. The van der Waals surface area contributed by atoms with Gasteiger partial charge in [-0.05, 0) is 55.0 Å². The number of fused-ring (bicyclic) bond motifs is 1. The molecule has 0 aliphatic heterocycles. The molecule has 0 spiro atoms. The van der Waals surface area contributed by atoms with Crippen LogP contribution >= 0.6 is 0 Å². The van der Waals surface area contributed by atoms with Crippen molar-refractivity contribution in [2.75, 3.05) is 6.54 Å². The van der Waals surface area contributed by atoms with E-state index in [0.717, 1.165) is 18.7 Å². The molecule has 1 atom stereocenters. The minimum absolute atomic E-state index is 0.490. The van der Waals surface area contributed by atoms with E-state index in [1.54, 1.807) is 0 Å². The van der Waals surface area contributed by atoms with Crippen LogP contribution in [0.3, 0.4) is 0 Å². The largest absolute Gasteiger partial charge is 0.489 e. The molecule has 0 saturated heterocycles. The maximum Gasteiger partial charge on any atom is 0.123 e. The quantitative estimate of drug-likeness (QED) is 0.838. The van der Waals surface area contributed by atoms with Crippen LogP contribution in [0.15, 0.2) is 48.5 Å². The molecule has 0 radical (unpaired) electrons. The van der Waals surface area contributed by atoms with Gasteiger partial charge in [-0.1, -0.05) is 49.4 Å². The summed E-state index contributed by atoms with van der Waals surface area (Å²) in [6.07, 6.45) is 4.77. The zero-order valence-electron chi connectivity index (χ0n) is 13.3. The third-order valence-corrected chi connectivity index (χ3v) is 4.34. The molecule has 116 valence electrons. The number of nitrogens with one attached hydrogen (secondary N) is 1. The summed E-state index contributed by atoms with van der Waals surface area (Å²) in [5.74, 6) is 1.06. The maximum absolute atomic E-state index is 6.12. The molecular formula is C20H25NO. The molecule has 0 heterocycles. The van der Waals surface area contributed by atoms with Crippen LogP contribution in [-0.4, -0.2) is 6.54 Å². The van der Waals surface area contributed by atoms with Crippen LogP contribution in [0, 0.1) is 0 Å². The highest BCUT2D eigenvalue weighted by Gasteiger charge is 2.22. The van der Waals surface area contributed by atoms with E-state index >= 15 is 0 Å². The van der Waals surface area contributed by atoms with Gasteiger partial charge in [-0.25, -0.2) is 0 Å². The molecular weight excluding hydrogens is 270 g/mol. The van der Waals surface area contributed by atoms with Gasteiger partial charge in [-0.2, -0.15) is 0 Å². The van der Waals surface area contributed by atoms with Crippen molar-refractivity contribution in [1.82, 2.24) is 5.32 Å². The van der Waals surface area contributed by atoms with Gasteiger partial charge < -0.3 is 10.1 Å². The van der Waals surface area contributed by atoms with E-state index < -0.39 is 0 Å². The number of ether oxygens (including phenoxy) is 1. The van der Waals surface area contributed by atoms with Crippen LogP contribution < -0.4 is 10.1 Å². The molecule has 0 aromatic heterocycles. The molecule has 2 aromatic carbocycles. The molecule has 2 nitrogen and oxygen atoms in total. The van der Waals surface area contributed by atoms with E-state index in [-0.39, 0.29) is 0 Å². The lowest BCUT2D eigenvalue weighted by Crippen LogP contribution is -2.26. The fourth-order valence-electron chi connectivity index (χ4n) is 3.22. The van der Waals surface area contributed by atoms with Gasteiger partial charge >= 0.3 is 0 Å². The highest BCUT2D eigenvalue weighted by atomic mass is 16.5. The summed E-state index contributed by atoms with van der Waals surface area (Å²) < 4.78 is 6.12. The molecule has 0 fully saturated rings. The Kier molecular flexibility index (Phi) is 5.12. The van der Waals surface area contributed by atoms with Crippen molar-refractivity contribution < 1.29 is 4.74 Å². The molecule has 1 unspecified atom stereocenters. The predicted octanol–water partition coefficient (Wildman–Crippen LogP) is 4.64. The zero-order valence-corrected chi connectivity index (χ0v) is 13.3. The van der Waals surface area contributed by atoms with E-state index in [1.165, 1.54) is 36.0 Å². The normalized spacial score (nSPS) is 17.0. The van der Waals surface area contributed by atoms with Crippen molar-refractivity contribution in [3.05, 3.63) is 65.2 Å². The SMILES string of the molecule is CCCNC1CCCc2c(OCc3ccccc3)cccc21. The Bertz CT molecular complexity index is 594. The third kappa shape index (κ3) is 3.50. The van der Waals surface area contributed by atoms with Gasteiger partial charge in [-0.3, -0.25) is 0 Å². The Morgan fingerprint density at radius 2 is 1.95 bits per heavy atom. The molecule has 0 amide bonds. The Labute approximate surface area is 133 Å². The van der Waals surface area contributed by atoms with Gasteiger partial charge in [0.1, 0.15) is 12.4 Å². The Morgan fingerprint density at radius 1 is 1.09 bits per heavy atom. The van der Waals surface area contributed by atoms with E-state index in [1.807, 2.05) is 6.07 Å². The van der Waals surface area contributed by atoms with Crippen LogP contribution in [0.5, 0.6) is 5.75 Å². The lowest BCUT2D eigenvalue weighted by molar-refractivity contribution is 0.299. The average molecular weight is 295 g/mol. The number of hydrogen-bond acceptors (Lipinski definition) is 2. The average Bonchev–Trinajstić information content (AvgIpc) is 2.59. The van der Waals surface area contributed by atoms with Crippen molar-refractivity contribution in [1.29, 1.82) is 0 Å². The second kappa shape index (κ2) is 7.46. The van der Waals surface area contributed by atoms with Gasteiger partial charge in [0, 0.05) is 6.04 Å². The van der Waals surface area contributed by atoms with Crippen molar-refractivity contribution in [2.24, 2.45) is 0 Å². The summed E-state index contributed by atoms with van der Waals surface area (Å²) in [4.78, 5) is 0. The molecule has 1 aliphatic carbocycles. The second-order valence-electron chi connectivity index (χ2n) is 6.00. The van der Waals surface area contributed by atoms with Crippen LogP contribution in [0.4, 0.5) is 0 Å². The van der Waals surface area contributed by atoms with Crippen molar-refractivity contribution in [3.8, 4) is 5.75 Å². The first-order valence-electron chi connectivity index (χ1n) is 8.40. The summed E-state index contributed by atoms with van der Waals surface area (Å²) in [6, 6.07) is 17.4. The summed E-state index contributed by atoms with van der Waals surface area (Å²) in [7, 11) is 0. The van der Waals surface area contributed by atoms with Gasteiger partial charge in [0.2, 0.25) is 0 Å². The standard InChI is InChI=1S/C20H25NO/c1-2-14-21-19-12-6-11-18-17(19)10-7-13-20(18)22-15-16-8-4-3-5-9-16/h3-5,7-10,13,19,21H,2,6,11-12,14-15H2,1H3. The van der Waals surface area contributed by atoms with Crippen LogP contribution in [0.25, 0.3) is 0 Å². The van der Waals surface area contributed by atoms with Crippen LogP contribution in [0.1, 0.15) is 48.9 Å². The molecule has 2 heteroatoms. The summed E-state index contributed by atoms with van der Waals surface area (Å²) in [5.41, 5.74) is 4.06. The Morgan fingerprint density at radius 3 is 2.77 bits per heavy atom. The molecule has 2 aromatic rings. The Hall–Kier alpha value is -1.80. The topological polar surface area (TPSA) is 21.3 Å². The Balaban J connectivity index is 1.75. The molecule has 0 saturated carbocycles. The van der Waals surface area contributed by atoms with E-state index in [4.69, 9.17) is 4.74 Å². The third-order valence-electron chi connectivity index (χ3n) is 4.34. The summed E-state index contributed by atoms with van der Waals surface area (Å²) in [6.45, 7) is 3.94. The van der Waals surface area contributed by atoms with E-state index in [9.17, 15) is 0 Å². The van der Waals surface area contributed by atoms with Gasteiger partial charge in [0.25, 0.3) is 0 Å². The molecule has 3 rings (SSSR count). The van der Waals surface area contributed by atoms with Crippen LogP contribution in [-0.2, 0) is 13.0 Å². The van der Waals surface area contributed by atoms with Crippen molar-refractivity contribution in [2.45, 2.75) is 45.3 Å². The smallest absolute Gasteiger partial charge is 0.123 e. The van der Waals surface area contributed by atoms with Crippen molar-refractivity contribution >= 4 is 0 Å². The minimum Gasteiger partial charge on any atom is -0.489 e. The monoisotopic (exact) mass is 295 g/mol. The highest BCUT2D eigenvalue weighted by Crippen LogP contribution is 2.35. The fourth-order valence-corrected chi connectivity index (χ4v) is 3.22. The van der Waals surface area contributed by atoms with Crippen molar-refractivity contribution in [3.63, 3.8) is 0 Å². The molecule has 1 aliphatic rings. The summed E-state index contributed by atoms with van der Waals surface area (Å²) in [5, 5.41) is 3.67. The lowest BCUT2D eigenvalue weighted by Gasteiger charge is -2.28. The maximum atomic E-state index is 6.12. The van der Waals surface area contributed by atoms with Crippen LogP contribution in [0.2, 0.25) is 0 Å². The fraction of sp³-hybridized carbons (Fsp3) is 0.400. The molecule has 22 heavy (non-hydrogen) atoms. The molecule has 0 bridgehead atoms. The number of rotatable bonds is 6. The zero-order chi connectivity index (χ0) is 15.2. The van der Waals surface area contributed by atoms with E-state index in [2.05, 4.69) is 54.7 Å². The highest BCUT2D eigenvalue weighted by molar-refractivity contribution is 5.43. The lowest BCUT2D eigenvalue weighted by atomic mass is 9.87. The minimum atomic E-state index is 0.490. The molecule has 1 N–H and O–H groups in total. The first-order valence-corrected chi connectivity index (χ1v) is 8.40. The predicted molar refractivity (Wildman–Crippen MR) is 91.2 cm³/mol. The summed E-state index contributed by atoms with van der Waals surface area (Å²) >= 11 is 0. The first kappa shape index (κ1) is 15.1. The van der Waals surface area contributed by atoms with E-state index in [0.29, 0.717) is 12.6 Å². The first-order chi connectivity index (χ1) is 10.9. The van der Waals surface area contributed by atoms with Gasteiger partial charge in [0.15, 0.2) is 0 Å². The second-order valence-corrected chi connectivity index (χ2v) is 6.00. The van der Waals surface area contributed by atoms with Gasteiger partial charge in [-0.15, -0.1) is 0 Å². The van der Waals surface area contributed by atoms with Gasteiger partial charge in [0.05, 0.1) is 0 Å².